The van der Waals surface area contributed by atoms with E-state index in [-0.39, 0.29) is 12.6 Å². The van der Waals surface area contributed by atoms with Crippen LogP contribution >= 0.6 is 23.2 Å². The smallest absolute Gasteiger partial charge is 0.257 e. The van der Waals surface area contributed by atoms with E-state index in [0.717, 1.165) is 5.56 Å². The molecule has 0 aromatic heterocycles. The second kappa shape index (κ2) is 6.41. The maximum absolute atomic E-state index is 11.6. The zero-order valence-corrected chi connectivity index (χ0v) is 12.1. The number of fused-ring (bicyclic) bond motifs is 1. The lowest BCUT2D eigenvalue weighted by Crippen LogP contribution is -2.47. The van der Waals surface area contributed by atoms with Gasteiger partial charge < -0.3 is 15.2 Å². The van der Waals surface area contributed by atoms with Gasteiger partial charge in [-0.25, -0.2) is 4.99 Å². The van der Waals surface area contributed by atoms with Gasteiger partial charge in [0.2, 0.25) is 5.96 Å². The number of aliphatic hydroxyl groups is 1. The highest BCUT2D eigenvalue weighted by Crippen LogP contribution is 2.34. The van der Waals surface area contributed by atoms with Crippen LogP contribution in [-0.4, -0.2) is 36.8 Å². The highest BCUT2D eigenvalue weighted by Gasteiger charge is 2.20. The van der Waals surface area contributed by atoms with Gasteiger partial charge in [-0.2, -0.15) is 0 Å². The Balaban J connectivity index is 2.14. The van der Waals surface area contributed by atoms with Gasteiger partial charge >= 0.3 is 0 Å². The van der Waals surface area contributed by atoms with Crippen LogP contribution in [0.3, 0.4) is 0 Å². The molecule has 1 heterocycles. The van der Waals surface area contributed by atoms with Crippen LogP contribution < -0.4 is 10.6 Å². The fourth-order valence-corrected chi connectivity index (χ4v) is 2.10. The first-order chi connectivity index (χ1) is 9.52. The maximum Gasteiger partial charge on any atom is 0.257 e. The molecule has 0 aliphatic carbocycles. The van der Waals surface area contributed by atoms with E-state index in [4.69, 9.17) is 27.9 Å². The number of hydrogen-bond acceptors (Lipinski definition) is 5. The molecular weight excluding hydrogens is 305 g/mol. The Bertz CT molecular complexity index is 563. The molecule has 0 spiro atoms. The Kier molecular flexibility index (Phi) is 4.82. The lowest BCUT2D eigenvalue weighted by Gasteiger charge is -2.20. The number of nitrogens with one attached hydrogen (secondary N) is 2. The van der Waals surface area contributed by atoms with E-state index in [0.29, 0.717) is 22.3 Å². The monoisotopic (exact) mass is 317 g/mol. The minimum absolute atomic E-state index is 0.0862. The summed E-state index contributed by atoms with van der Waals surface area (Å²) in [4.78, 5) is 15.8. The fourth-order valence-electron chi connectivity index (χ4n) is 1.69. The Hall–Kier alpha value is -1.34. The summed E-state index contributed by atoms with van der Waals surface area (Å²) in [5.74, 6) is -0.349. The summed E-state index contributed by atoms with van der Waals surface area (Å²) in [6, 6.07) is 3.35. The molecule has 1 aliphatic rings. The number of hydrogen-bond donors (Lipinski definition) is 3. The van der Waals surface area contributed by atoms with E-state index in [2.05, 4.69) is 15.6 Å². The van der Waals surface area contributed by atoms with Gasteiger partial charge in [-0.05, 0) is 12.1 Å². The van der Waals surface area contributed by atoms with Crippen molar-refractivity contribution in [2.75, 3.05) is 13.7 Å². The van der Waals surface area contributed by atoms with E-state index in [1.807, 2.05) is 0 Å². The summed E-state index contributed by atoms with van der Waals surface area (Å²) in [6.07, 6.45) is -1.25. The molecule has 0 fully saturated rings. The maximum atomic E-state index is 11.6. The number of aliphatic hydroxyl groups excluding tert-OH is 1. The second-order valence-electron chi connectivity index (χ2n) is 4.13. The van der Waals surface area contributed by atoms with Crippen LogP contribution in [0.5, 0.6) is 0 Å². The van der Waals surface area contributed by atoms with Crippen LogP contribution in [0.4, 0.5) is 5.69 Å². The van der Waals surface area contributed by atoms with Crippen LogP contribution in [0.15, 0.2) is 17.1 Å². The van der Waals surface area contributed by atoms with Gasteiger partial charge in [0.1, 0.15) is 0 Å². The first-order valence-corrected chi connectivity index (χ1v) is 6.56. The Morgan fingerprint density at radius 3 is 3.05 bits per heavy atom. The molecule has 0 bridgehead atoms. The van der Waals surface area contributed by atoms with Crippen LogP contribution in [0.1, 0.15) is 5.56 Å². The number of rotatable bonds is 3. The molecule has 8 heteroatoms. The van der Waals surface area contributed by atoms with Crippen molar-refractivity contribution in [2.45, 2.75) is 12.6 Å². The van der Waals surface area contributed by atoms with Crippen molar-refractivity contribution in [1.29, 1.82) is 0 Å². The summed E-state index contributed by atoms with van der Waals surface area (Å²) in [5, 5.41) is 15.7. The Morgan fingerprint density at radius 1 is 1.60 bits per heavy atom. The number of amides is 1. The topological polar surface area (TPSA) is 83.0 Å². The molecule has 1 aromatic carbocycles. The third-order valence-corrected chi connectivity index (χ3v) is 3.55. The zero-order chi connectivity index (χ0) is 14.7. The van der Waals surface area contributed by atoms with Crippen molar-refractivity contribution >= 4 is 40.8 Å². The number of ether oxygens (including phenoxy) is 1. The highest BCUT2D eigenvalue weighted by molar-refractivity contribution is 6.42. The van der Waals surface area contributed by atoms with Crippen molar-refractivity contribution in [3.63, 3.8) is 0 Å². The predicted octanol–water partition coefficient (Wildman–Crippen LogP) is 1.21. The SMILES string of the molecule is COCC(O)C(=O)NC1=Nc2ccc(Cl)c(Cl)c2CN1. The van der Waals surface area contributed by atoms with Gasteiger partial charge in [-0.1, -0.05) is 23.2 Å². The van der Waals surface area contributed by atoms with Gasteiger partial charge in [-0.15, -0.1) is 0 Å². The average molecular weight is 318 g/mol. The summed E-state index contributed by atoms with van der Waals surface area (Å²) in [5.41, 5.74) is 1.38. The Labute approximate surface area is 125 Å². The van der Waals surface area contributed by atoms with Crippen molar-refractivity contribution in [3.8, 4) is 0 Å². The zero-order valence-electron chi connectivity index (χ0n) is 10.6. The van der Waals surface area contributed by atoms with Crippen LogP contribution in [0, 0.1) is 0 Å². The minimum atomic E-state index is -1.25. The van der Waals surface area contributed by atoms with Gasteiger partial charge in [0.15, 0.2) is 6.10 Å². The van der Waals surface area contributed by atoms with E-state index in [1.165, 1.54) is 7.11 Å². The molecule has 108 valence electrons. The molecule has 1 aromatic rings. The molecule has 2 rings (SSSR count). The van der Waals surface area contributed by atoms with Crippen molar-refractivity contribution < 1.29 is 14.6 Å². The molecule has 0 saturated heterocycles. The first-order valence-electron chi connectivity index (χ1n) is 5.80. The predicted molar refractivity (Wildman–Crippen MR) is 76.4 cm³/mol. The summed E-state index contributed by atoms with van der Waals surface area (Å²) in [7, 11) is 1.40. The summed E-state index contributed by atoms with van der Waals surface area (Å²) >= 11 is 12.0. The average Bonchev–Trinajstić information content (AvgIpc) is 2.43. The number of aliphatic imine (C=N–C) groups is 1. The summed E-state index contributed by atoms with van der Waals surface area (Å²) in [6.45, 7) is 0.297. The molecule has 0 radical (unpaired) electrons. The molecule has 20 heavy (non-hydrogen) atoms. The minimum Gasteiger partial charge on any atom is -0.381 e. The van der Waals surface area contributed by atoms with Gasteiger partial charge in [-0.3, -0.25) is 10.1 Å². The summed E-state index contributed by atoms with van der Waals surface area (Å²) < 4.78 is 4.70. The van der Waals surface area contributed by atoms with Crippen molar-refractivity contribution in [3.05, 3.63) is 27.7 Å². The molecule has 1 aliphatic heterocycles. The third kappa shape index (κ3) is 3.21. The lowest BCUT2D eigenvalue weighted by atomic mass is 10.1. The number of methoxy groups -OCH3 is 1. The van der Waals surface area contributed by atoms with Gasteiger partial charge in [0, 0.05) is 19.2 Å². The number of carbonyl (C=O) groups is 1. The number of halogens is 2. The van der Waals surface area contributed by atoms with E-state index in [9.17, 15) is 9.90 Å². The molecule has 1 atom stereocenters. The van der Waals surface area contributed by atoms with Gasteiger partial charge in [0.25, 0.3) is 5.91 Å². The lowest BCUT2D eigenvalue weighted by molar-refractivity contribution is -0.130. The highest BCUT2D eigenvalue weighted by atomic mass is 35.5. The van der Waals surface area contributed by atoms with Gasteiger partial charge in [0.05, 0.1) is 22.3 Å². The van der Waals surface area contributed by atoms with E-state index < -0.39 is 12.0 Å². The van der Waals surface area contributed by atoms with Crippen LogP contribution in [0.2, 0.25) is 10.0 Å². The number of guanidine groups is 1. The van der Waals surface area contributed by atoms with E-state index in [1.54, 1.807) is 12.1 Å². The molecule has 6 nitrogen and oxygen atoms in total. The standard InChI is InChI=1S/C12H13Cl2N3O3/c1-20-5-9(18)11(19)17-12-15-4-6-8(16-12)3-2-7(13)10(6)14/h2-3,9,18H,4-5H2,1H3,(H2,15,16,17,19). The van der Waals surface area contributed by atoms with Crippen LogP contribution in [0.25, 0.3) is 0 Å². The van der Waals surface area contributed by atoms with E-state index >= 15 is 0 Å². The number of carbonyl (C=O) groups excluding carboxylic acids is 1. The second-order valence-corrected chi connectivity index (χ2v) is 4.92. The largest absolute Gasteiger partial charge is 0.381 e. The fraction of sp³-hybridized carbons (Fsp3) is 0.333. The molecule has 3 N–H and O–H groups in total. The van der Waals surface area contributed by atoms with Crippen molar-refractivity contribution in [2.24, 2.45) is 4.99 Å². The van der Waals surface area contributed by atoms with Crippen molar-refractivity contribution in [1.82, 2.24) is 10.6 Å². The molecule has 1 unspecified atom stereocenters. The molecular formula is C12H13Cl2N3O3. The normalized spacial score (nSPS) is 14.9. The third-order valence-electron chi connectivity index (χ3n) is 2.71. The molecule has 1 amide bonds. The quantitative estimate of drug-likeness (QED) is 0.782. The number of benzene rings is 1. The Morgan fingerprint density at radius 2 is 2.35 bits per heavy atom. The first kappa shape index (κ1) is 15.1. The van der Waals surface area contributed by atoms with Crippen LogP contribution in [-0.2, 0) is 16.1 Å². The number of nitrogens with zero attached hydrogens (tertiary/aromatic N) is 1. The molecule has 0 saturated carbocycles.